The van der Waals surface area contributed by atoms with Gasteiger partial charge in [-0.15, -0.1) is 0 Å². The molecule has 0 amide bonds. The van der Waals surface area contributed by atoms with Crippen LogP contribution in [0.15, 0.2) is 42.5 Å². The molecular weight excluding hydrogens is 344 g/mol. The molecule has 0 saturated carbocycles. The SMILES string of the molecule is COC(=O)c1ccc(C(=O)OC)c(OC(=O)c2ccc(C(=O)O)cc2)c1. The first-order chi connectivity index (χ1) is 12.4. The fourth-order valence-electron chi connectivity index (χ4n) is 2.04. The van der Waals surface area contributed by atoms with Crippen LogP contribution in [-0.2, 0) is 9.47 Å². The monoisotopic (exact) mass is 358 g/mol. The third-order valence-electron chi connectivity index (χ3n) is 3.38. The van der Waals surface area contributed by atoms with Crippen molar-refractivity contribution in [1.29, 1.82) is 0 Å². The molecule has 0 heterocycles. The number of methoxy groups -OCH3 is 2. The molecule has 0 saturated heterocycles. The van der Waals surface area contributed by atoms with Gasteiger partial charge in [-0.05, 0) is 42.5 Å². The first-order valence-corrected chi connectivity index (χ1v) is 7.23. The van der Waals surface area contributed by atoms with E-state index in [1.807, 2.05) is 0 Å². The van der Waals surface area contributed by atoms with Crippen molar-refractivity contribution in [2.24, 2.45) is 0 Å². The van der Waals surface area contributed by atoms with Gasteiger partial charge in [0, 0.05) is 0 Å². The fraction of sp³-hybridized carbons (Fsp3) is 0.111. The fourth-order valence-corrected chi connectivity index (χ4v) is 2.04. The summed E-state index contributed by atoms with van der Waals surface area (Å²) in [5.74, 6) is -3.60. The summed E-state index contributed by atoms with van der Waals surface area (Å²) in [5.41, 5.74) is 0.0820. The van der Waals surface area contributed by atoms with Gasteiger partial charge >= 0.3 is 23.9 Å². The molecule has 8 heteroatoms. The number of carbonyl (C=O) groups excluding carboxylic acids is 3. The second kappa shape index (κ2) is 7.93. The quantitative estimate of drug-likeness (QED) is 0.638. The van der Waals surface area contributed by atoms with Gasteiger partial charge in [-0.25, -0.2) is 19.2 Å². The van der Waals surface area contributed by atoms with E-state index >= 15 is 0 Å². The predicted molar refractivity (Wildman–Crippen MR) is 87.5 cm³/mol. The average molecular weight is 358 g/mol. The highest BCUT2D eigenvalue weighted by molar-refractivity contribution is 5.99. The van der Waals surface area contributed by atoms with Crippen molar-refractivity contribution in [3.8, 4) is 5.75 Å². The van der Waals surface area contributed by atoms with Crippen LogP contribution in [0.4, 0.5) is 0 Å². The van der Waals surface area contributed by atoms with E-state index in [1.165, 1.54) is 49.6 Å². The number of aromatic carboxylic acids is 1. The van der Waals surface area contributed by atoms with Gasteiger partial charge in [0.2, 0.25) is 0 Å². The molecule has 0 fully saturated rings. The molecule has 2 rings (SSSR count). The number of hydrogen-bond donors (Lipinski definition) is 1. The zero-order chi connectivity index (χ0) is 19.3. The summed E-state index contributed by atoms with van der Waals surface area (Å²) < 4.78 is 14.4. The number of benzene rings is 2. The highest BCUT2D eigenvalue weighted by Crippen LogP contribution is 2.23. The minimum Gasteiger partial charge on any atom is -0.478 e. The van der Waals surface area contributed by atoms with Crippen molar-refractivity contribution in [3.63, 3.8) is 0 Å². The third kappa shape index (κ3) is 4.04. The van der Waals surface area contributed by atoms with Crippen LogP contribution < -0.4 is 4.74 Å². The van der Waals surface area contributed by atoms with Crippen molar-refractivity contribution in [3.05, 3.63) is 64.7 Å². The van der Waals surface area contributed by atoms with E-state index in [4.69, 9.17) is 9.84 Å². The largest absolute Gasteiger partial charge is 0.478 e. The zero-order valence-electron chi connectivity index (χ0n) is 13.8. The van der Waals surface area contributed by atoms with Crippen molar-refractivity contribution < 1.29 is 38.5 Å². The van der Waals surface area contributed by atoms with Gasteiger partial charge in [0.05, 0.1) is 30.9 Å². The van der Waals surface area contributed by atoms with Crippen LogP contribution in [0.25, 0.3) is 0 Å². The topological polar surface area (TPSA) is 116 Å². The Morgan fingerprint density at radius 1 is 0.731 bits per heavy atom. The van der Waals surface area contributed by atoms with E-state index in [1.54, 1.807) is 0 Å². The van der Waals surface area contributed by atoms with Crippen LogP contribution in [0.5, 0.6) is 5.75 Å². The molecule has 2 aromatic rings. The molecule has 2 aromatic carbocycles. The molecule has 0 atom stereocenters. The van der Waals surface area contributed by atoms with Crippen molar-refractivity contribution in [1.82, 2.24) is 0 Å². The Morgan fingerprint density at radius 2 is 1.27 bits per heavy atom. The Balaban J connectivity index is 2.35. The molecule has 0 aromatic heterocycles. The van der Waals surface area contributed by atoms with Gasteiger partial charge in [-0.2, -0.15) is 0 Å². The minimum atomic E-state index is -1.14. The molecule has 0 aliphatic rings. The number of carboxylic acids is 1. The number of hydrogen-bond acceptors (Lipinski definition) is 7. The summed E-state index contributed by atoms with van der Waals surface area (Å²) in [6.07, 6.45) is 0. The highest BCUT2D eigenvalue weighted by Gasteiger charge is 2.20. The summed E-state index contributed by atoms with van der Waals surface area (Å²) in [5, 5.41) is 8.87. The van der Waals surface area contributed by atoms with Gasteiger partial charge in [0.25, 0.3) is 0 Å². The van der Waals surface area contributed by atoms with Crippen LogP contribution in [-0.4, -0.2) is 43.2 Å². The zero-order valence-corrected chi connectivity index (χ0v) is 13.8. The molecule has 0 spiro atoms. The minimum absolute atomic E-state index is 0.00416. The first-order valence-electron chi connectivity index (χ1n) is 7.23. The molecular formula is C18H14O8. The van der Waals surface area contributed by atoms with E-state index < -0.39 is 23.9 Å². The number of rotatable bonds is 5. The third-order valence-corrected chi connectivity index (χ3v) is 3.38. The lowest BCUT2D eigenvalue weighted by Crippen LogP contribution is -2.14. The van der Waals surface area contributed by atoms with Gasteiger partial charge in [0.1, 0.15) is 11.3 Å². The van der Waals surface area contributed by atoms with Gasteiger partial charge in [-0.1, -0.05) is 0 Å². The molecule has 134 valence electrons. The first kappa shape index (κ1) is 18.7. The smallest absolute Gasteiger partial charge is 0.343 e. The molecule has 0 aliphatic carbocycles. The summed E-state index contributed by atoms with van der Waals surface area (Å²) >= 11 is 0. The van der Waals surface area contributed by atoms with Gasteiger partial charge in [-0.3, -0.25) is 0 Å². The van der Waals surface area contributed by atoms with Crippen molar-refractivity contribution in [2.45, 2.75) is 0 Å². The van der Waals surface area contributed by atoms with E-state index in [-0.39, 0.29) is 28.0 Å². The average Bonchev–Trinajstić information content (AvgIpc) is 2.66. The van der Waals surface area contributed by atoms with Crippen molar-refractivity contribution in [2.75, 3.05) is 14.2 Å². The number of carbonyl (C=O) groups is 4. The Bertz CT molecular complexity index is 867. The maximum atomic E-state index is 12.3. The molecule has 0 radical (unpaired) electrons. The van der Waals surface area contributed by atoms with Crippen LogP contribution in [0.3, 0.4) is 0 Å². The molecule has 0 unspecified atom stereocenters. The highest BCUT2D eigenvalue weighted by atomic mass is 16.5. The Kier molecular flexibility index (Phi) is 5.69. The van der Waals surface area contributed by atoms with Crippen LogP contribution in [0, 0.1) is 0 Å². The summed E-state index contributed by atoms with van der Waals surface area (Å²) in [6, 6.07) is 8.81. The molecule has 8 nitrogen and oxygen atoms in total. The maximum absolute atomic E-state index is 12.3. The van der Waals surface area contributed by atoms with Gasteiger partial charge in [0.15, 0.2) is 0 Å². The van der Waals surface area contributed by atoms with Crippen LogP contribution >= 0.6 is 0 Å². The van der Waals surface area contributed by atoms with E-state index in [0.717, 1.165) is 7.11 Å². The lowest BCUT2D eigenvalue weighted by atomic mass is 10.1. The van der Waals surface area contributed by atoms with E-state index in [9.17, 15) is 19.2 Å². The predicted octanol–water partition coefficient (Wildman–Crippen LogP) is 2.18. The summed E-state index contributed by atoms with van der Waals surface area (Å²) in [4.78, 5) is 46.6. The second-order valence-electron chi connectivity index (χ2n) is 4.97. The lowest BCUT2D eigenvalue weighted by Gasteiger charge is -2.10. The van der Waals surface area contributed by atoms with Crippen molar-refractivity contribution >= 4 is 23.9 Å². The second-order valence-corrected chi connectivity index (χ2v) is 4.97. The number of ether oxygens (including phenoxy) is 3. The van der Waals surface area contributed by atoms with E-state index in [0.29, 0.717) is 0 Å². The van der Waals surface area contributed by atoms with E-state index in [2.05, 4.69) is 9.47 Å². The van der Waals surface area contributed by atoms with Crippen LogP contribution in [0.1, 0.15) is 41.4 Å². The molecule has 0 bridgehead atoms. The Labute approximate surface area is 147 Å². The van der Waals surface area contributed by atoms with Gasteiger partial charge < -0.3 is 19.3 Å². The Morgan fingerprint density at radius 3 is 1.81 bits per heavy atom. The number of carboxylic acid groups (broad SMARTS) is 1. The summed E-state index contributed by atoms with van der Waals surface area (Å²) in [6.45, 7) is 0. The standard InChI is InChI=1S/C18H14O8/c1-24-16(21)12-7-8-13(18(23)25-2)14(9-12)26-17(22)11-5-3-10(4-6-11)15(19)20/h3-9H,1-2H3,(H,19,20). The maximum Gasteiger partial charge on any atom is 0.343 e. The lowest BCUT2D eigenvalue weighted by molar-refractivity contribution is 0.0577. The number of esters is 3. The summed E-state index contributed by atoms with van der Waals surface area (Å²) in [7, 11) is 2.35. The molecule has 26 heavy (non-hydrogen) atoms. The van der Waals surface area contributed by atoms with Crippen LogP contribution in [0.2, 0.25) is 0 Å². The molecule has 0 aliphatic heterocycles. The molecule has 1 N–H and O–H groups in total. The normalized spacial score (nSPS) is 9.92. The Hall–Kier alpha value is -3.68.